The maximum atomic E-state index is 7.08. The van der Waals surface area contributed by atoms with Gasteiger partial charge in [-0.25, -0.2) is 0 Å². The Kier molecular flexibility index (Phi) is 10.8. The van der Waals surface area contributed by atoms with Crippen LogP contribution in [0.4, 0.5) is 34.1 Å². The highest BCUT2D eigenvalue weighted by Crippen LogP contribution is 2.53. The third-order valence-corrected chi connectivity index (χ3v) is 14.8. The molecule has 0 saturated heterocycles. The SMILES string of the molecule is c1ccc(-c2ccc(N(c3ccc(-c4ccccc4)cc3)c3ccc4c(c3)Oc3cccc5c3c-4cc3c4ccccc4c(N(c4ccc(-c6ccccc6)cc4)c4ccc(-c6ccccc6)cc4)cc53)cc2)cc1. The van der Waals surface area contributed by atoms with Crippen LogP contribution in [0.2, 0.25) is 0 Å². The molecule has 13 aromatic rings. The summed E-state index contributed by atoms with van der Waals surface area (Å²) >= 11 is 0. The standard InChI is InChI=1S/C72H48N2O/c1-5-16-49(17-6-1)53-28-36-57(37-29-53)73(58-38-30-54(31-39-58)50-18-7-2-8-19-50)61-44-45-64-68-47-66-62-24-13-14-25-63(62)69(48-67(66)65-26-15-27-70(72(65)68)75-71(64)46-61)74(59-40-32-55(33-41-59)51-20-9-3-10-21-51)60-42-34-56(35-43-60)52-22-11-4-12-23-52/h1-48H. The third kappa shape index (κ3) is 7.95. The molecule has 3 heteroatoms. The van der Waals surface area contributed by atoms with Crippen LogP contribution in [0, 0.1) is 0 Å². The number of hydrogen-bond acceptors (Lipinski definition) is 3. The molecule has 0 radical (unpaired) electrons. The van der Waals surface area contributed by atoms with Gasteiger partial charge in [0.15, 0.2) is 0 Å². The summed E-state index contributed by atoms with van der Waals surface area (Å²) in [6.07, 6.45) is 0. The normalized spacial score (nSPS) is 11.6. The molecule has 0 spiro atoms. The zero-order valence-corrected chi connectivity index (χ0v) is 41.0. The highest BCUT2D eigenvalue weighted by atomic mass is 16.5. The van der Waals surface area contributed by atoms with Gasteiger partial charge < -0.3 is 14.5 Å². The van der Waals surface area contributed by atoms with Crippen LogP contribution in [-0.4, -0.2) is 0 Å². The summed E-state index contributed by atoms with van der Waals surface area (Å²) in [4.78, 5) is 4.75. The van der Waals surface area contributed by atoms with E-state index in [1.54, 1.807) is 0 Å². The van der Waals surface area contributed by atoms with Gasteiger partial charge in [0, 0.05) is 50.8 Å². The van der Waals surface area contributed by atoms with E-state index >= 15 is 0 Å². The molecule has 1 heterocycles. The Morgan fingerprint density at radius 1 is 0.213 bits per heavy atom. The van der Waals surface area contributed by atoms with Crippen molar-refractivity contribution in [1.29, 1.82) is 0 Å². The van der Waals surface area contributed by atoms with Gasteiger partial charge in [0.25, 0.3) is 0 Å². The van der Waals surface area contributed by atoms with Crippen LogP contribution in [-0.2, 0) is 0 Å². The van der Waals surface area contributed by atoms with Crippen molar-refractivity contribution < 1.29 is 4.74 Å². The van der Waals surface area contributed by atoms with Crippen molar-refractivity contribution in [1.82, 2.24) is 0 Å². The van der Waals surface area contributed by atoms with E-state index in [9.17, 15) is 0 Å². The van der Waals surface area contributed by atoms with E-state index in [-0.39, 0.29) is 0 Å². The number of ether oxygens (including phenoxy) is 1. The van der Waals surface area contributed by atoms with Crippen LogP contribution < -0.4 is 14.5 Å². The van der Waals surface area contributed by atoms with Crippen molar-refractivity contribution in [3.8, 4) is 67.1 Å². The lowest BCUT2D eigenvalue weighted by molar-refractivity contribution is 0.487. The van der Waals surface area contributed by atoms with Gasteiger partial charge in [0.05, 0.1) is 5.69 Å². The molecule has 0 aromatic heterocycles. The van der Waals surface area contributed by atoms with Gasteiger partial charge in [-0.05, 0) is 150 Å². The largest absolute Gasteiger partial charge is 0.456 e. The number of benzene rings is 13. The molecule has 0 unspecified atom stereocenters. The summed E-state index contributed by atoms with van der Waals surface area (Å²) in [6.45, 7) is 0. The first-order valence-corrected chi connectivity index (χ1v) is 25.6. The molecule has 13 aromatic carbocycles. The fourth-order valence-corrected chi connectivity index (χ4v) is 11.2. The zero-order chi connectivity index (χ0) is 49.7. The number of hydrogen-bond donors (Lipinski definition) is 0. The Bertz CT molecular complexity index is 4030. The van der Waals surface area contributed by atoms with Gasteiger partial charge in [-0.1, -0.05) is 206 Å². The van der Waals surface area contributed by atoms with Gasteiger partial charge in [-0.3, -0.25) is 0 Å². The van der Waals surface area contributed by atoms with E-state index in [4.69, 9.17) is 4.74 Å². The monoisotopic (exact) mass is 956 g/mol. The van der Waals surface area contributed by atoms with Crippen LogP contribution in [0.3, 0.4) is 0 Å². The summed E-state index contributed by atoms with van der Waals surface area (Å²) in [5.74, 6) is 1.67. The van der Waals surface area contributed by atoms with Gasteiger partial charge in [0.2, 0.25) is 0 Å². The molecule has 75 heavy (non-hydrogen) atoms. The molecule has 1 aliphatic rings. The molecule has 0 N–H and O–H groups in total. The Balaban J connectivity index is 0.909. The van der Waals surface area contributed by atoms with E-state index in [2.05, 4.69) is 301 Å². The Hall–Kier alpha value is -9.96. The van der Waals surface area contributed by atoms with Crippen LogP contribution in [0.15, 0.2) is 291 Å². The summed E-state index contributed by atoms with van der Waals surface area (Å²) in [5, 5.41) is 6.99. The van der Waals surface area contributed by atoms with Gasteiger partial charge in [-0.15, -0.1) is 0 Å². The van der Waals surface area contributed by atoms with E-state index in [1.165, 1.54) is 66.1 Å². The maximum absolute atomic E-state index is 7.08. The second kappa shape index (κ2) is 18.6. The molecule has 3 nitrogen and oxygen atoms in total. The first-order valence-electron chi connectivity index (χ1n) is 25.6. The molecule has 0 aliphatic carbocycles. The Labute approximate surface area is 437 Å². The number of nitrogens with zero attached hydrogens (tertiary/aromatic N) is 2. The third-order valence-electron chi connectivity index (χ3n) is 14.8. The second-order valence-corrected chi connectivity index (χ2v) is 19.2. The lowest BCUT2D eigenvalue weighted by Gasteiger charge is -2.29. The number of rotatable bonds is 10. The molecule has 0 fully saturated rings. The predicted octanol–water partition coefficient (Wildman–Crippen LogP) is 20.5. The molecular formula is C72H48N2O. The molecular weight excluding hydrogens is 909 g/mol. The quantitative estimate of drug-likeness (QED) is 0.127. The van der Waals surface area contributed by atoms with Gasteiger partial charge >= 0.3 is 0 Å². The topological polar surface area (TPSA) is 15.7 Å². The fraction of sp³-hybridized carbons (Fsp3) is 0. The Morgan fingerprint density at radius 3 is 1.05 bits per heavy atom. The van der Waals surface area contributed by atoms with Gasteiger partial charge in [-0.2, -0.15) is 0 Å². The number of anilines is 6. The van der Waals surface area contributed by atoms with Gasteiger partial charge in [0.1, 0.15) is 11.5 Å². The van der Waals surface area contributed by atoms with E-state index in [0.29, 0.717) is 0 Å². The van der Waals surface area contributed by atoms with E-state index in [0.717, 1.165) is 67.5 Å². The summed E-state index contributed by atoms with van der Waals surface area (Å²) < 4.78 is 7.08. The zero-order valence-electron chi connectivity index (χ0n) is 41.0. The van der Waals surface area contributed by atoms with Crippen molar-refractivity contribution in [3.63, 3.8) is 0 Å². The van der Waals surface area contributed by atoms with Crippen molar-refractivity contribution in [3.05, 3.63) is 291 Å². The predicted molar refractivity (Wildman–Crippen MR) is 316 cm³/mol. The molecule has 0 saturated carbocycles. The molecule has 352 valence electrons. The lowest BCUT2D eigenvalue weighted by atomic mass is 9.88. The smallest absolute Gasteiger partial charge is 0.137 e. The summed E-state index contributed by atoms with van der Waals surface area (Å²) in [5.41, 5.74) is 18.1. The maximum Gasteiger partial charge on any atom is 0.137 e. The molecule has 1 aliphatic heterocycles. The first-order chi connectivity index (χ1) is 37.2. The molecule has 0 amide bonds. The molecule has 14 rings (SSSR count). The minimum absolute atomic E-state index is 0.823. The van der Waals surface area contributed by atoms with Crippen LogP contribution in [0.25, 0.3) is 88.0 Å². The molecule has 0 bridgehead atoms. The summed E-state index contributed by atoms with van der Waals surface area (Å²) in [7, 11) is 0. The van der Waals surface area contributed by atoms with E-state index < -0.39 is 0 Å². The summed E-state index contributed by atoms with van der Waals surface area (Å²) in [6, 6.07) is 105. The Morgan fingerprint density at radius 2 is 0.587 bits per heavy atom. The lowest BCUT2D eigenvalue weighted by Crippen LogP contribution is -2.11. The van der Waals surface area contributed by atoms with Crippen molar-refractivity contribution in [2.75, 3.05) is 9.80 Å². The van der Waals surface area contributed by atoms with Crippen molar-refractivity contribution in [2.24, 2.45) is 0 Å². The van der Waals surface area contributed by atoms with Crippen LogP contribution >= 0.6 is 0 Å². The molecule has 0 atom stereocenters. The fourth-order valence-electron chi connectivity index (χ4n) is 11.2. The van der Waals surface area contributed by atoms with Crippen molar-refractivity contribution >= 4 is 66.4 Å². The van der Waals surface area contributed by atoms with Crippen molar-refractivity contribution in [2.45, 2.75) is 0 Å². The highest BCUT2D eigenvalue weighted by molar-refractivity contribution is 6.25. The van der Waals surface area contributed by atoms with Crippen LogP contribution in [0.1, 0.15) is 0 Å². The van der Waals surface area contributed by atoms with E-state index in [1.807, 2.05) is 0 Å². The second-order valence-electron chi connectivity index (χ2n) is 19.2. The first kappa shape index (κ1) is 43.8. The van der Waals surface area contributed by atoms with Crippen LogP contribution in [0.5, 0.6) is 11.5 Å². The number of fused-ring (bicyclic) bond motifs is 6. The minimum atomic E-state index is 0.823. The average molecular weight is 957 g/mol. The highest BCUT2D eigenvalue weighted by Gasteiger charge is 2.26. The average Bonchev–Trinajstić information content (AvgIpc) is 3.49. The minimum Gasteiger partial charge on any atom is -0.456 e.